The molecule has 1 heterocycles. The van der Waals surface area contributed by atoms with Crippen LogP contribution in [0.25, 0.3) is 0 Å². The molecule has 182 valence electrons. The number of amides is 3. The second-order valence-corrected chi connectivity index (χ2v) is 8.54. The van der Waals surface area contributed by atoms with Crippen LogP contribution in [0.15, 0.2) is 48.5 Å². The largest absolute Gasteiger partial charge is 0.385 e. The Balaban J connectivity index is 1.51. The Kier molecular flexibility index (Phi) is 9.22. The van der Waals surface area contributed by atoms with Gasteiger partial charge in [-0.2, -0.15) is 0 Å². The van der Waals surface area contributed by atoms with Crippen molar-refractivity contribution in [2.24, 2.45) is 0 Å². The molecule has 0 bridgehead atoms. The summed E-state index contributed by atoms with van der Waals surface area (Å²) in [6.45, 7) is 10.3. The number of carbonyl (C=O) groups excluding carboxylic acids is 3. The van der Waals surface area contributed by atoms with E-state index in [2.05, 4.69) is 36.3 Å². The van der Waals surface area contributed by atoms with Crippen LogP contribution in [-0.4, -0.2) is 66.3 Å². The van der Waals surface area contributed by atoms with Gasteiger partial charge >= 0.3 is 0 Å². The molecular formula is C27H36N4O3. The minimum atomic E-state index is -0.199. The molecule has 2 aromatic rings. The molecule has 3 amide bonds. The first-order chi connectivity index (χ1) is 16.5. The maximum Gasteiger partial charge on any atom is 0.261 e. The summed E-state index contributed by atoms with van der Waals surface area (Å²) in [5.41, 5.74) is 2.51. The lowest BCUT2D eigenvalue weighted by Gasteiger charge is -2.26. The van der Waals surface area contributed by atoms with Crippen molar-refractivity contribution in [3.63, 3.8) is 0 Å². The number of anilines is 1. The molecule has 7 nitrogen and oxygen atoms in total. The van der Waals surface area contributed by atoms with Crippen molar-refractivity contribution in [2.45, 2.75) is 46.1 Å². The summed E-state index contributed by atoms with van der Waals surface area (Å²) in [7, 11) is 0. The predicted molar refractivity (Wildman–Crippen MR) is 135 cm³/mol. The molecular weight excluding hydrogens is 428 g/mol. The SMILES string of the molecule is CCCC(CCNc1ccc(C(=O)NCCN(CC)CC)cc1)N1C(=O)c2ccccc2C1=O. The summed E-state index contributed by atoms with van der Waals surface area (Å²) in [5, 5.41) is 6.33. The van der Waals surface area contributed by atoms with Gasteiger partial charge < -0.3 is 15.5 Å². The highest BCUT2D eigenvalue weighted by molar-refractivity contribution is 6.21. The Morgan fingerprint density at radius 1 is 0.882 bits per heavy atom. The van der Waals surface area contributed by atoms with E-state index in [9.17, 15) is 14.4 Å². The van der Waals surface area contributed by atoms with E-state index >= 15 is 0 Å². The first-order valence-electron chi connectivity index (χ1n) is 12.3. The van der Waals surface area contributed by atoms with Crippen molar-refractivity contribution < 1.29 is 14.4 Å². The molecule has 0 aliphatic carbocycles. The molecule has 1 atom stereocenters. The molecule has 0 saturated carbocycles. The lowest BCUT2D eigenvalue weighted by molar-refractivity contribution is 0.0570. The Morgan fingerprint density at radius 3 is 2.06 bits per heavy atom. The average Bonchev–Trinajstić information content (AvgIpc) is 3.11. The average molecular weight is 465 g/mol. The van der Waals surface area contributed by atoms with Crippen molar-refractivity contribution in [3.05, 3.63) is 65.2 Å². The maximum atomic E-state index is 12.8. The van der Waals surface area contributed by atoms with Gasteiger partial charge in [-0.05, 0) is 62.3 Å². The normalized spacial score (nSPS) is 13.8. The molecule has 2 N–H and O–H groups in total. The van der Waals surface area contributed by atoms with Gasteiger partial charge in [-0.25, -0.2) is 0 Å². The van der Waals surface area contributed by atoms with Gasteiger partial charge in [0.1, 0.15) is 0 Å². The number of hydrogen-bond donors (Lipinski definition) is 2. The Hall–Kier alpha value is -3.19. The van der Waals surface area contributed by atoms with E-state index in [0.29, 0.717) is 36.2 Å². The molecule has 1 unspecified atom stereocenters. The standard InChI is InChI=1S/C27H36N4O3/c1-4-9-22(31-26(33)23-10-7-8-11-24(23)27(31)34)16-17-28-21-14-12-20(13-15-21)25(32)29-18-19-30(5-2)6-3/h7-8,10-15,22,28H,4-6,9,16-19H2,1-3H3,(H,29,32). The first kappa shape index (κ1) is 25.4. The highest BCUT2D eigenvalue weighted by Crippen LogP contribution is 2.27. The molecule has 0 saturated heterocycles. The molecule has 0 fully saturated rings. The minimum Gasteiger partial charge on any atom is -0.385 e. The number of benzene rings is 2. The monoisotopic (exact) mass is 464 g/mol. The number of nitrogens with one attached hydrogen (secondary N) is 2. The zero-order chi connectivity index (χ0) is 24.5. The van der Waals surface area contributed by atoms with E-state index in [-0.39, 0.29) is 23.8 Å². The van der Waals surface area contributed by atoms with Gasteiger partial charge in [0.25, 0.3) is 17.7 Å². The van der Waals surface area contributed by atoms with Crippen LogP contribution >= 0.6 is 0 Å². The Morgan fingerprint density at radius 2 is 1.50 bits per heavy atom. The Bertz CT molecular complexity index is 951. The van der Waals surface area contributed by atoms with Gasteiger partial charge in [0.2, 0.25) is 0 Å². The molecule has 7 heteroatoms. The number of hydrogen-bond acceptors (Lipinski definition) is 5. The van der Waals surface area contributed by atoms with Crippen molar-refractivity contribution in [3.8, 4) is 0 Å². The Labute approximate surface area is 202 Å². The first-order valence-corrected chi connectivity index (χ1v) is 12.3. The van der Waals surface area contributed by atoms with Crippen molar-refractivity contribution in [1.29, 1.82) is 0 Å². The van der Waals surface area contributed by atoms with E-state index in [1.54, 1.807) is 24.3 Å². The molecule has 1 aliphatic heterocycles. The van der Waals surface area contributed by atoms with E-state index in [4.69, 9.17) is 0 Å². The number of carbonyl (C=O) groups is 3. The fourth-order valence-electron chi connectivity index (χ4n) is 4.37. The lowest BCUT2D eigenvalue weighted by atomic mass is 10.1. The van der Waals surface area contributed by atoms with E-state index in [1.165, 1.54) is 4.90 Å². The summed E-state index contributed by atoms with van der Waals surface area (Å²) in [5.74, 6) is -0.474. The zero-order valence-electron chi connectivity index (χ0n) is 20.5. The smallest absolute Gasteiger partial charge is 0.261 e. The second-order valence-electron chi connectivity index (χ2n) is 8.54. The second kappa shape index (κ2) is 12.3. The van der Waals surface area contributed by atoms with Crippen LogP contribution in [-0.2, 0) is 0 Å². The molecule has 0 aromatic heterocycles. The van der Waals surface area contributed by atoms with E-state index in [1.807, 2.05) is 24.3 Å². The van der Waals surface area contributed by atoms with Gasteiger partial charge in [0.15, 0.2) is 0 Å². The van der Waals surface area contributed by atoms with Crippen LogP contribution in [0, 0.1) is 0 Å². The van der Waals surface area contributed by atoms with E-state index in [0.717, 1.165) is 38.2 Å². The summed E-state index contributed by atoms with van der Waals surface area (Å²) < 4.78 is 0. The molecule has 0 radical (unpaired) electrons. The van der Waals surface area contributed by atoms with E-state index < -0.39 is 0 Å². The summed E-state index contributed by atoms with van der Waals surface area (Å²) in [6.07, 6.45) is 2.31. The van der Waals surface area contributed by atoms with Gasteiger partial charge in [-0.15, -0.1) is 0 Å². The van der Waals surface area contributed by atoms with Crippen molar-refractivity contribution in [2.75, 3.05) is 38.0 Å². The molecule has 34 heavy (non-hydrogen) atoms. The van der Waals surface area contributed by atoms with Crippen molar-refractivity contribution in [1.82, 2.24) is 15.1 Å². The number of rotatable bonds is 13. The number of fused-ring (bicyclic) bond motifs is 1. The lowest BCUT2D eigenvalue weighted by Crippen LogP contribution is -2.40. The third-order valence-corrected chi connectivity index (χ3v) is 6.37. The van der Waals surface area contributed by atoms with Crippen LogP contribution in [0.5, 0.6) is 0 Å². The summed E-state index contributed by atoms with van der Waals surface area (Å²) in [4.78, 5) is 41.8. The third-order valence-electron chi connectivity index (χ3n) is 6.37. The molecule has 2 aromatic carbocycles. The third kappa shape index (κ3) is 6.03. The fraction of sp³-hybridized carbons (Fsp3) is 0.444. The predicted octanol–water partition coefficient (Wildman–Crippen LogP) is 4.03. The van der Waals surface area contributed by atoms with Crippen LogP contribution in [0.2, 0.25) is 0 Å². The fourth-order valence-corrected chi connectivity index (χ4v) is 4.37. The summed E-state index contributed by atoms with van der Waals surface area (Å²) in [6, 6.07) is 14.3. The molecule has 3 rings (SSSR count). The van der Waals surface area contributed by atoms with Crippen molar-refractivity contribution >= 4 is 23.4 Å². The number of imide groups is 1. The van der Waals surface area contributed by atoms with Crippen LogP contribution in [0.3, 0.4) is 0 Å². The highest BCUT2D eigenvalue weighted by Gasteiger charge is 2.39. The maximum absolute atomic E-state index is 12.8. The molecule has 1 aliphatic rings. The quantitative estimate of drug-likeness (QED) is 0.438. The van der Waals surface area contributed by atoms with Gasteiger partial charge in [-0.3, -0.25) is 19.3 Å². The van der Waals surface area contributed by atoms with Crippen LogP contribution in [0.4, 0.5) is 5.69 Å². The number of likely N-dealkylation sites (N-methyl/N-ethyl adjacent to an activating group) is 1. The van der Waals surface area contributed by atoms with Crippen LogP contribution in [0.1, 0.15) is 71.1 Å². The van der Waals surface area contributed by atoms with Crippen LogP contribution < -0.4 is 10.6 Å². The minimum absolute atomic E-state index is 0.0765. The zero-order valence-corrected chi connectivity index (χ0v) is 20.5. The van der Waals surface area contributed by atoms with Gasteiger partial charge in [-0.1, -0.05) is 39.3 Å². The molecule has 0 spiro atoms. The summed E-state index contributed by atoms with van der Waals surface area (Å²) >= 11 is 0. The van der Waals surface area contributed by atoms with Gasteiger partial charge in [0, 0.05) is 36.9 Å². The number of nitrogens with zero attached hydrogens (tertiary/aromatic N) is 2. The highest BCUT2D eigenvalue weighted by atomic mass is 16.2. The topological polar surface area (TPSA) is 81.8 Å². The van der Waals surface area contributed by atoms with Gasteiger partial charge in [0.05, 0.1) is 11.1 Å².